The highest BCUT2D eigenvalue weighted by Gasteiger charge is 2.51. The van der Waals surface area contributed by atoms with Crippen molar-refractivity contribution in [2.24, 2.45) is 5.92 Å². The van der Waals surface area contributed by atoms with Crippen molar-refractivity contribution >= 4 is 29.3 Å². The van der Waals surface area contributed by atoms with Gasteiger partial charge in [-0.05, 0) is 31.9 Å². The van der Waals surface area contributed by atoms with Crippen molar-refractivity contribution in [1.82, 2.24) is 19.9 Å². The fraction of sp³-hybridized carbons (Fsp3) is 0.520. The summed E-state index contributed by atoms with van der Waals surface area (Å²) in [7, 11) is 0. The van der Waals surface area contributed by atoms with Crippen molar-refractivity contribution in [3.63, 3.8) is 0 Å². The average Bonchev–Trinajstić information content (AvgIpc) is 3.45. The maximum Gasteiger partial charge on any atom is 0.318 e. The minimum Gasteiger partial charge on any atom is -0.465 e. The van der Waals surface area contributed by atoms with Gasteiger partial charge in [-0.1, -0.05) is 6.42 Å². The molecule has 35 heavy (non-hydrogen) atoms. The van der Waals surface area contributed by atoms with Gasteiger partial charge in [-0.25, -0.2) is 15.0 Å². The Hall–Kier alpha value is -3.74. The van der Waals surface area contributed by atoms with E-state index in [-0.39, 0.29) is 17.4 Å². The van der Waals surface area contributed by atoms with E-state index < -0.39 is 11.9 Å². The smallest absolute Gasteiger partial charge is 0.318 e. The fourth-order valence-corrected chi connectivity index (χ4v) is 5.98. The number of pyridine rings is 1. The number of ether oxygens (including phenoxy) is 1. The van der Waals surface area contributed by atoms with Crippen molar-refractivity contribution in [2.45, 2.75) is 44.1 Å². The van der Waals surface area contributed by atoms with Crippen molar-refractivity contribution in [1.29, 1.82) is 5.26 Å². The lowest BCUT2D eigenvalue weighted by atomic mass is 9.66. The van der Waals surface area contributed by atoms with Crippen LogP contribution in [-0.4, -0.2) is 70.6 Å². The maximum absolute atomic E-state index is 13.0. The molecule has 1 spiro atoms. The summed E-state index contributed by atoms with van der Waals surface area (Å²) >= 11 is 0. The van der Waals surface area contributed by atoms with Crippen molar-refractivity contribution in [2.75, 3.05) is 42.6 Å². The second-order valence-corrected chi connectivity index (χ2v) is 9.97. The summed E-state index contributed by atoms with van der Waals surface area (Å²) in [5.41, 5.74) is 1.70. The Morgan fingerprint density at radius 1 is 1.23 bits per heavy atom. The molecular formula is C25H27N7O3. The lowest BCUT2D eigenvalue weighted by Gasteiger charge is -2.44. The average molecular weight is 474 g/mol. The molecule has 0 bridgehead atoms. The van der Waals surface area contributed by atoms with Gasteiger partial charge in [-0.3, -0.25) is 9.59 Å². The lowest BCUT2D eigenvalue weighted by molar-refractivity contribution is -0.149. The summed E-state index contributed by atoms with van der Waals surface area (Å²) in [4.78, 5) is 45.1. The Morgan fingerprint density at radius 3 is 2.74 bits per heavy atom. The highest BCUT2D eigenvalue weighted by atomic mass is 16.5. The summed E-state index contributed by atoms with van der Waals surface area (Å²) < 4.78 is 5.01. The van der Waals surface area contributed by atoms with Gasteiger partial charge in [0, 0.05) is 55.8 Å². The molecule has 4 aliphatic rings. The number of hydrogen-bond donors (Lipinski definition) is 0. The summed E-state index contributed by atoms with van der Waals surface area (Å²) in [6, 6.07) is 5.66. The first-order valence-corrected chi connectivity index (χ1v) is 12.2. The Morgan fingerprint density at radius 2 is 2.06 bits per heavy atom. The number of aromatic nitrogens is 3. The number of nitriles is 1. The van der Waals surface area contributed by atoms with E-state index in [2.05, 4.69) is 25.8 Å². The monoisotopic (exact) mass is 473 g/mol. The minimum atomic E-state index is -0.671. The highest BCUT2D eigenvalue weighted by molar-refractivity contribution is 5.99. The van der Waals surface area contributed by atoms with Crippen molar-refractivity contribution in [3.8, 4) is 6.07 Å². The van der Waals surface area contributed by atoms with Gasteiger partial charge in [0.2, 0.25) is 5.91 Å². The maximum atomic E-state index is 13.0. The second-order valence-electron chi connectivity index (χ2n) is 9.97. The molecule has 1 aliphatic carbocycles. The lowest BCUT2D eigenvalue weighted by Crippen LogP contribution is -2.56. The number of piperazine rings is 1. The number of carbonyl (C=O) groups is 2. The first kappa shape index (κ1) is 21.8. The number of amides is 1. The summed E-state index contributed by atoms with van der Waals surface area (Å²) in [6.45, 7) is 4.92. The SMILES string of the molecule is CC1CN(c2ncnc3c2C2(CCC2)CN3c2cc(C#N)ccn2)CCN1C(=O)C1CCOC1=O. The normalized spacial score (nSPS) is 24.7. The first-order valence-electron chi connectivity index (χ1n) is 12.2. The molecule has 0 N–H and O–H groups in total. The first-order chi connectivity index (χ1) is 17.0. The van der Waals surface area contributed by atoms with Crippen LogP contribution < -0.4 is 9.80 Å². The minimum absolute atomic E-state index is 0.0277. The molecular weight excluding hydrogens is 446 g/mol. The van der Waals surface area contributed by atoms with E-state index >= 15 is 0 Å². The van der Waals surface area contributed by atoms with Crippen LogP contribution in [0.3, 0.4) is 0 Å². The van der Waals surface area contributed by atoms with Crippen LogP contribution in [-0.2, 0) is 19.7 Å². The molecule has 10 nitrogen and oxygen atoms in total. The third-order valence-electron chi connectivity index (χ3n) is 7.96. The Balaban J connectivity index is 1.30. The Kier molecular flexibility index (Phi) is 5.09. The highest BCUT2D eigenvalue weighted by Crippen LogP contribution is 2.56. The van der Waals surface area contributed by atoms with Gasteiger partial charge in [0.1, 0.15) is 29.7 Å². The van der Waals surface area contributed by atoms with E-state index in [1.807, 2.05) is 17.9 Å². The van der Waals surface area contributed by atoms with Crippen molar-refractivity contribution in [3.05, 3.63) is 35.8 Å². The molecule has 3 fully saturated rings. The molecule has 2 aromatic rings. The van der Waals surface area contributed by atoms with Gasteiger partial charge in [-0.2, -0.15) is 5.26 Å². The number of rotatable bonds is 3. The van der Waals surface area contributed by atoms with E-state index in [0.717, 1.165) is 48.8 Å². The zero-order valence-electron chi connectivity index (χ0n) is 19.7. The van der Waals surface area contributed by atoms with Gasteiger partial charge >= 0.3 is 5.97 Å². The topological polar surface area (TPSA) is 116 Å². The standard InChI is InChI=1S/C25H27N7O3/c1-16-13-30(8-9-31(16)23(33)18-4-10-35-24(18)34)21-20-22(29-15-28-21)32(14-25(20)5-2-6-25)19-11-17(12-26)3-7-27-19/h3,7,11,15-16,18H,2,4-6,8-10,13-14H2,1H3. The molecule has 1 amide bonds. The van der Waals surface area contributed by atoms with Gasteiger partial charge in [0.25, 0.3) is 0 Å². The van der Waals surface area contributed by atoms with Crippen LogP contribution in [0.5, 0.6) is 0 Å². The molecule has 2 unspecified atom stereocenters. The summed E-state index contributed by atoms with van der Waals surface area (Å²) in [5.74, 6) is 1.31. The van der Waals surface area contributed by atoms with E-state index in [1.54, 1.807) is 18.6 Å². The third kappa shape index (κ3) is 3.40. The largest absolute Gasteiger partial charge is 0.465 e. The zero-order chi connectivity index (χ0) is 24.2. The molecule has 5 heterocycles. The number of carbonyl (C=O) groups excluding carboxylic acids is 2. The van der Waals surface area contributed by atoms with Crippen molar-refractivity contribution < 1.29 is 14.3 Å². The quantitative estimate of drug-likeness (QED) is 0.487. The van der Waals surface area contributed by atoms with Crippen LogP contribution in [0.4, 0.5) is 17.5 Å². The van der Waals surface area contributed by atoms with E-state index in [1.165, 1.54) is 0 Å². The summed E-state index contributed by atoms with van der Waals surface area (Å²) in [5, 5.41) is 9.36. The van der Waals surface area contributed by atoms with Crippen LogP contribution in [0.15, 0.2) is 24.7 Å². The molecule has 0 aromatic carbocycles. The summed E-state index contributed by atoms with van der Waals surface area (Å²) in [6.07, 6.45) is 7.01. The van der Waals surface area contributed by atoms with Crippen LogP contribution in [0.1, 0.15) is 43.7 Å². The van der Waals surface area contributed by atoms with E-state index in [0.29, 0.717) is 38.2 Å². The van der Waals surface area contributed by atoms with Crippen LogP contribution in [0.25, 0.3) is 0 Å². The van der Waals surface area contributed by atoms with Crippen LogP contribution >= 0.6 is 0 Å². The van der Waals surface area contributed by atoms with Crippen LogP contribution in [0.2, 0.25) is 0 Å². The fourth-order valence-electron chi connectivity index (χ4n) is 5.98. The molecule has 2 aromatic heterocycles. The van der Waals surface area contributed by atoms with Gasteiger partial charge in [0.15, 0.2) is 0 Å². The van der Waals surface area contributed by atoms with Gasteiger partial charge in [0.05, 0.1) is 18.2 Å². The molecule has 10 heteroatoms. The number of cyclic esters (lactones) is 1. The molecule has 2 atom stereocenters. The number of esters is 1. The van der Waals surface area contributed by atoms with Gasteiger partial charge < -0.3 is 19.4 Å². The second kappa shape index (κ2) is 8.18. The predicted molar refractivity (Wildman–Crippen MR) is 126 cm³/mol. The number of nitrogens with zero attached hydrogens (tertiary/aromatic N) is 7. The van der Waals surface area contributed by atoms with E-state index in [4.69, 9.17) is 9.72 Å². The molecule has 0 radical (unpaired) electrons. The molecule has 6 rings (SSSR count). The molecule has 1 saturated carbocycles. The molecule has 2 saturated heterocycles. The number of anilines is 3. The zero-order valence-corrected chi connectivity index (χ0v) is 19.7. The number of fused-ring (bicyclic) bond motifs is 2. The third-order valence-corrected chi connectivity index (χ3v) is 7.96. The Bertz CT molecular complexity index is 1240. The van der Waals surface area contributed by atoms with Gasteiger partial charge in [-0.15, -0.1) is 0 Å². The molecule has 3 aliphatic heterocycles. The Labute approximate surface area is 203 Å². The molecule has 180 valence electrons. The van der Waals surface area contributed by atoms with E-state index in [9.17, 15) is 14.9 Å². The predicted octanol–water partition coefficient (Wildman–Crippen LogP) is 1.92. The van der Waals surface area contributed by atoms with Crippen LogP contribution in [0, 0.1) is 17.2 Å². The number of hydrogen-bond acceptors (Lipinski definition) is 9.